The fourth-order valence-corrected chi connectivity index (χ4v) is 3.05. The van der Waals surface area contributed by atoms with E-state index in [1.807, 2.05) is 32.0 Å². The van der Waals surface area contributed by atoms with Crippen LogP contribution in [0.4, 0.5) is 0 Å². The second-order valence-electron chi connectivity index (χ2n) is 6.34. The molecule has 0 saturated carbocycles. The predicted octanol–water partition coefficient (Wildman–Crippen LogP) is 1.52. The molecule has 2 rings (SSSR count). The van der Waals surface area contributed by atoms with Crippen molar-refractivity contribution >= 4 is 17.5 Å². The second kappa shape index (κ2) is 8.64. The zero-order valence-corrected chi connectivity index (χ0v) is 14.6. The minimum absolute atomic E-state index is 0.0737. The van der Waals surface area contributed by atoms with Crippen LogP contribution in [-0.4, -0.2) is 66.1 Å². The number of nitrogens with zero attached hydrogens (tertiary/aromatic N) is 2. The van der Waals surface area contributed by atoms with E-state index < -0.39 is 6.10 Å². The van der Waals surface area contributed by atoms with Gasteiger partial charge in [0.25, 0.3) is 0 Å². The van der Waals surface area contributed by atoms with Crippen molar-refractivity contribution in [2.75, 3.05) is 39.3 Å². The number of hydrogen-bond acceptors (Lipinski definition) is 4. The highest BCUT2D eigenvalue weighted by Gasteiger charge is 2.22. The average Bonchev–Trinajstić information content (AvgIpc) is 2.48. The Morgan fingerprint density at radius 3 is 2.43 bits per heavy atom. The van der Waals surface area contributed by atoms with E-state index in [0.717, 1.165) is 31.7 Å². The van der Waals surface area contributed by atoms with Crippen LogP contribution in [0.25, 0.3) is 0 Å². The number of aliphatic hydroxyl groups is 1. The Morgan fingerprint density at radius 2 is 1.83 bits per heavy atom. The SMILES string of the molecule is CC(C)NC(=O)CN1CCN(CC(O)c2ccccc2Cl)CC1. The molecule has 1 atom stereocenters. The number of amides is 1. The van der Waals surface area contributed by atoms with Crippen molar-refractivity contribution in [3.63, 3.8) is 0 Å². The fraction of sp³-hybridized carbons (Fsp3) is 0.588. The lowest BCUT2D eigenvalue weighted by atomic mass is 10.1. The number of β-amino-alcohol motifs (C(OH)–C–C–N with tert-alkyl or cyclic N) is 1. The van der Waals surface area contributed by atoms with Gasteiger partial charge in [-0.05, 0) is 19.9 Å². The molecule has 0 bridgehead atoms. The van der Waals surface area contributed by atoms with Crippen molar-refractivity contribution < 1.29 is 9.90 Å². The van der Waals surface area contributed by atoms with E-state index in [-0.39, 0.29) is 11.9 Å². The first kappa shape index (κ1) is 18.2. The molecule has 6 heteroatoms. The van der Waals surface area contributed by atoms with E-state index in [4.69, 9.17) is 11.6 Å². The molecule has 1 aliphatic heterocycles. The quantitative estimate of drug-likeness (QED) is 0.825. The monoisotopic (exact) mass is 339 g/mol. The average molecular weight is 340 g/mol. The lowest BCUT2D eigenvalue weighted by Crippen LogP contribution is -2.50. The molecule has 128 valence electrons. The Bertz CT molecular complexity index is 516. The molecule has 0 radical (unpaired) electrons. The van der Waals surface area contributed by atoms with Gasteiger partial charge in [-0.2, -0.15) is 0 Å². The Labute approximate surface area is 143 Å². The minimum atomic E-state index is -0.584. The van der Waals surface area contributed by atoms with E-state index in [1.165, 1.54) is 0 Å². The van der Waals surface area contributed by atoms with Crippen LogP contribution in [0.2, 0.25) is 5.02 Å². The smallest absolute Gasteiger partial charge is 0.234 e. The molecule has 2 N–H and O–H groups in total. The third kappa shape index (κ3) is 5.77. The molecule has 1 unspecified atom stereocenters. The van der Waals surface area contributed by atoms with Crippen LogP contribution in [0.15, 0.2) is 24.3 Å². The van der Waals surface area contributed by atoms with Gasteiger partial charge in [0.1, 0.15) is 0 Å². The summed E-state index contributed by atoms with van der Waals surface area (Å²) in [6.45, 7) is 8.29. The zero-order valence-electron chi connectivity index (χ0n) is 13.8. The van der Waals surface area contributed by atoms with Gasteiger partial charge < -0.3 is 10.4 Å². The van der Waals surface area contributed by atoms with Crippen LogP contribution < -0.4 is 5.32 Å². The number of carbonyl (C=O) groups excluding carboxylic acids is 1. The summed E-state index contributed by atoms with van der Waals surface area (Å²) in [5.41, 5.74) is 0.771. The van der Waals surface area contributed by atoms with Crippen LogP contribution in [-0.2, 0) is 4.79 Å². The van der Waals surface area contributed by atoms with Gasteiger partial charge >= 0.3 is 0 Å². The number of carbonyl (C=O) groups is 1. The van der Waals surface area contributed by atoms with Gasteiger partial charge in [0.2, 0.25) is 5.91 Å². The number of rotatable bonds is 6. The highest BCUT2D eigenvalue weighted by molar-refractivity contribution is 6.31. The van der Waals surface area contributed by atoms with Gasteiger partial charge in [0, 0.05) is 49.4 Å². The van der Waals surface area contributed by atoms with E-state index >= 15 is 0 Å². The van der Waals surface area contributed by atoms with Crippen molar-refractivity contribution in [2.45, 2.75) is 26.0 Å². The van der Waals surface area contributed by atoms with Gasteiger partial charge in [-0.3, -0.25) is 14.6 Å². The van der Waals surface area contributed by atoms with Crippen molar-refractivity contribution in [2.24, 2.45) is 0 Å². The molecule has 1 heterocycles. The Kier molecular flexibility index (Phi) is 6.84. The first-order valence-electron chi connectivity index (χ1n) is 8.12. The summed E-state index contributed by atoms with van der Waals surface area (Å²) in [7, 11) is 0. The maximum Gasteiger partial charge on any atom is 0.234 e. The Balaban J connectivity index is 1.76. The van der Waals surface area contributed by atoms with Gasteiger partial charge in [-0.25, -0.2) is 0 Å². The summed E-state index contributed by atoms with van der Waals surface area (Å²) in [5.74, 6) is 0.0737. The number of halogens is 1. The first-order chi connectivity index (χ1) is 11.0. The van der Waals surface area contributed by atoms with Gasteiger partial charge in [-0.15, -0.1) is 0 Å². The molecule has 1 saturated heterocycles. The number of hydrogen-bond donors (Lipinski definition) is 2. The molecule has 1 aromatic rings. The summed E-state index contributed by atoms with van der Waals surface area (Å²) in [6.07, 6.45) is -0.584. The molecule has 0 spiro atoms. The molecule has 1 aromatic carbocycles. The molecule has 0 aliphatic carbocycles. The third-order valence-corrected chi connectivity index (χ3v) is 4.32. The molecule has 5 nitrogen and oxygen atoms in total. The molecular weight excluding hydrogens is 314 g/mol. The summed E-state index contributed by atoms with van der Waals surface area (Å²) in [5, 5.41) is 13.9. The van der Waals surface area contributed by atoms with Crippen molar-refractivity contribution in [3.8, 4) is 0 Å². The van der Waals surface area contributed by atoms with Gasteiger partial charge in [-0.1, -0.05) is 29.8 Å². The van der Waals surface area contributed by atoms with Crippen molar-refractivity contribution in [3.05, 3.63) is 34.9 Å². The summed E-state index contributed by atoms with van der Waals surface area (Å²) >= 11 is 6.13. The lowest BCUT2D eigenvalue weighted by Gasteiger charge is -2.35. The number of benzene rings is 1. The van der Waals surface area contributed by atoms with Crippen LogP contribution in [0.5, 0.6) is 0 Å². The largest absolute Gasteiger partial charge is 0.387 e. The normalized spacial score (nSPS) is 18.1. The fourth-order valence-electron chi connectivity index (χ4n) is 2.79. The van der Waals surface area contributed by atoms with E-state index in [1.54, 1.807) is 6.07 Å². The molecule has 1 fully saturated rings. The van der Waals surface area contributed by atoms with Crippen LogP contribution in [0.1, 0.15) is 25.5 Å². The van der Waals surface area contributed by atoms with Crippen LogP contribution in [0, 0.1) is 0 Å². The first-order valence-corrected chi connectivity index (χ1v) is 8.50. The number of nitrogens with one attached hydrogen (secondary N) is 1. The van der Waals surface area contributed by atoms with Crippen molar-refractivity contribution in [1.29, 1.82) is 0 Å². The Hall–Kier alpha value is -1.14. The zero-order chi connectivity index (χ0) is 16.8. The summed E-state index contributed by atoms with van der Waals surface area (Å²) < 4.78 is 0. The van der Waals surface area contributed by atoms with E-state index in [0.29, 0.717) is 18.1 Å². The maximum atomic E-state index is 11.8. The molecule has 0 aromatic heterocycles. The van der Waals surface area contributed by atoms with Crippen LogP contribution in [0.3, 0.4) is 0 Å². The molecular formula is C17H26ClN3O2. The summed E-state index contributed by atoms with van der Waals surface area (Å²) in [4.78, 5) is 16.1. The Morgan fingerprint density at radius 1 is 1.22 bits per heavy atom. The summed E-state index contributed by atoms with van der Waals surface area (Å²) in [6, 6.07) is 7.58. The van der Waals surface area contributed by atoms with Crippen LogP contribution >= 0.6 is 11.6 Å². The molecule has 1 aliphatic rings. The molecule has 23 heavy (non-hydrogen) atoms. The maximum absolute atomic E-state index is 11.8. The standard InChI is InChI=1S/C17H26ClN3O2/c1-13(2)19-17(23)12-21-9-7-20(8-10-21)11-16(22)14-5-3-4-6-15(14)18/h3-6,13,16,22H,7-12H2,1-2H3,(H,19,23). The lowest BCUT2D eigenvalue weighted by molar-refractivity contribution is -0.123. The van der Waals surface area contributed by atoms with Crippen molar-refractivity contribution in [1.82, 2.24) is 15.1 Å². The third-order valence-electron chi connectivity index (χ3n) is 3.98. The second-order valence-corrected chi connectivity index (χ2v) is 6.74. The van der Waals surface area contributed by atoms with Gasteiger partial charge in [0.15, 0.2) is 0 Å². The number of aliphatic hydroxyl groups excluding tert-OH is 1. The topological polar surface area (TPSA) is 55.8 Å². The number of piperazine rings is 1. The minimum Gasteiger partial charge on any atom is -0.387 e. The highest BCUT2D eigenvalue weighted by Crippen LogP contribution is 2.23. The molecule has 1 amide bonds. The highest BCUT2D eigenvalue weighted by atomic mass is 35.5. The van der Waals surface area contributed by atoms with Gasteiger partial charge in [0.05, 0.1) is 12.6 Å². The van der Waals surface area contributed by atoms with E-state index in [2.05, 4.69) is 15.1 Å². The van der Waals surface area contributed by atoms with E-state index in [9.17, 15) is 9.90 Å². The predicted molar refractivity (Wildman–Crippen MR) is 92.6 cm³/mol.